The largest absolute Gasteiger partial charge is 0.336 e. The van der Waals surface area contributed by atoms with Crippen molar-refractivity contribution in [2.45, 2.75) is 6.54 Å². The lowest BCUT2D eigenvalue weighted by atomic mass is 10.2. The van der Waals surface area contributed by atoms with Gasteiger partial charge in [0.25, 0.3) is 5.91 Å². The van der Waals surface area contributed by atoms with Crippen LogP contribution < -0.4 is 0 Å². The lowest BCUT2D eigenvalue weighted by Crippen LogP contribution is -2.27. The average molecular weight is 330 g/mol. The van der Waals surface area contributed by atoms with E-state index in [-0.39, 0.29) is 21.8 Å². The maximum Gasteiger partial charge on any atom is 0.274 e. The Morgan fingerprint density at radius 2 is 1.75 bits per heavy atom. The van der Waals surface area contributed by atoms with E-state index in [2.05, 4.69) is 4.98 Å². The molecule has 0 bridgehead atoms. The van der Waals surface area contributed by atoms with E-state index in [1.165, 1.54) is 4.90 Å². The monoisotopic (exact) mass is 328 g/mol. The Kier molecular flexibility index (Phi) is 4.86. The second-order valence-corrected chi connectivity index (χ2v) is 5.48. The highest BCUT2D eigenvalue weighted by atomic mass is 35.5. The number of pyridine rings is 1. The molecule has 0 aliphatic carbocycles. The van der Waals surface area contributed by atoms with E-state index >= 15 is 0 Å². The Bertz CT molecular complexity index is 629. The van der Waals surface area contributed by atoms with E-state index in [1.807, 2.05) is 12.1 Å². The highest BCUT2D eigenvalue weighted by Gasteiger charge is 2.17. The molecule has 2 rings (SSSR count). The maximum absolute atomic E-state index is 12.3. The van der Waals surface area contributed by atoms with Gasteiger partial charge >= 0.3 is 0 Å². The SMILES string of the molecule is CN(Cc1ccc(Cl)cc1)C(=O)c1nc(Cl)ccc1Cl. The van der Waals surface area contributed by atoms with Gasteiger partial charge in [0.15, 0.2) is 0 Å². The molecule has 6 heteroatoms. The highest BCUT2D eigenvalue weighted by molar-refractivity contribution is 6.34. The van der Waals surface area contributed by atoms with E-state index < -0.39 is 0 Å². The number of carbonyl (C=O) groups excluding carboxylic acids is 1. The van der Waals surface area contributed by atoms with Crippen LogP contribution in [0.4, 0.5) is 0 Å². The molecule has 0 unspecified atom stereocenters. The summed E-state index contributed by atoms with van der Waals surface area (Å²) < 4.78 is 0. The lowest BCUT2D eigenvalue weighted by Gasteiger charge is -2.17. The molecule has 0 fully saturated rings. The van der Waals surface area contributed by atoms with Crippen molar-refractivity contribution in [3.63, 3.8) is 0 Å². The number of hydrogen-bond donors (Lipinski definition) is 0. The number of hydrogen-bond acceptors (Lipinski definition) is 2. The van der Waals surface area contributed by atoms with Crippen LogP contribution in [0.3, 0.4) is 0 Å². The third kappa shape index (κ3) is 3.63. The first-order valence-corrected chi connectivity index (χ1v) is 6.92. The standard InChI is InChI=1S/C14H11Cl3N2O/c1-19(8-9-2-4-10(15)5-3-9)14(20)13-11(16)6-7-12(17)18-13/h2-7H,8H2,1H3. The van der Waals surface area contributed by atoms with E-state index in [9.17, 15) is 4.79 Å². The molecule has 0 radical (unpaired) electrons. The van der Waals surface area contributed by atoms with Gasteiger partial charge in [-0.2, -0.15) is 0 Å². The van der Waals surface area contributed by atoms with Crippen LogP contribution in [0.15, 0.2) is 36.4 Å². The molecule has 1 amide bonds. The predicted octanol–water partition coefficient (Wildman–Crippen LogP) is 4.31. The molecular weight excluding hydrogens is 319 g/mol. The van der Waals surface area contributed by atoms with Crippen LogP contribution in [0, 0.1) is 0 Å². The molecule has 104 valence electrons. The first-order valence-electron chi connectivity index (χ1n) is 5.79. The molecule has 1 aromatic heterocycles. The highest BCUT2D eigenvalue weighted by Crippen LogP contribution is 2.19. The van der Waals surface area contributed by atoms with Gasteiger partial charge in [-0.15, -0.1) is 0 Å². The van der Waals surface area contributed by atoms with E-state index in [0.717, 1.165) is 5.56 Å². The van der Waals surface area contributed by atoms with Gasteiger partial charge < -0.3 is 4.90 Å². The van der Waals surface area contributed by atoms with Crippen molar-refractivity contribution in [2.24, 2.45) is 0 Å². The van der Waals surface area contributed by atoms with Crippen molar-refractivity contribution >= 4 is 40.7 Å². The Morgan fingerprint density at radius 3 is 2.40 bits per heavy atom. The van der Waals surface area contributed by atoms with Crippen LogP contribution in [0.5, 0.6) is 0 Å². The van der Waals surface area contributed by atoms with Crippen LogP contribution in [0.25, 0.3) is 0 Å². The number of amides is 1. The molecule has 2 aromatic rings. The molecule has 20 heavy (non-hydrogen) atoms. The molecule has 0 saturated carbocycles. The van der Waals surface area contributed by atoms with Gasteiger partial charge in [0.05, 0.1) is 5.02 Å². The summed E-state index contributed by atoms with van der Waals surface area (Å²) in [6.07, 6.45) is 0. The quantitative estimate of drug-likeness (QED) is 0.786. The number of rotatable bonds is 3. The molecule has 0 N–H and O–H groups in total. The van der Waals surface area contributed by atoms with E-state index in [4.69, 9.17) is 34.8 Å². The Hall–Kier alpha value is -1.29. The van der Waals surface area contributed by atoms with Crippen molar-refractivity contribution in [3.05, 3.63) is 62.9 Å². The number of aromatic nitrogens is 1. The fourth-order valence-corrected chi connectivity index (χ4v) is 2.14. The average Bonchev–Trinajstić information content (AvgIpc) is 2.43. The lowest BCUT2D eigenvalue weighted by molar-refractivity contribution is 0.0779. The second-order valence-electron chi connectivity index (χ2n) is 4.25. The van der Waals surface area contributed by atoms with Crippen LogP contribution in [0.1, 0.15) is 16.1 Å². The van der Waals surface area contributed by atoms with Crippen LogP contribution in [0.2, 0.25) is 15.2 Å². The molecule has 3 nitrogen and oxygen atoms in total. The minimum absolute atomic E-state index is 0.149. The summed E-state index contributed by atoms with van der Waals surface area (Å²) in [6.45, 7) is 0.431. The van der Waals surface area contributed by atoms with Gasteiger partial charge in [0, 0.05) is 18.6 Å². The second kappa shape index (κ2) is 6.44. The smallest absolute Gasteiger partial charge is 0.274 e. The summed E-state index contributed by atoms with van der Waals surface area (Å²) >= 11 is 17.6. The summed E-state index contributed by atoms with van der Waals surface area (Å²) in [5.41, 5.74) is 1.11. The van der Waals surface area contributed by atoms with Gasteiger partial charge in [-0.3, -0.25) is 4.79 Å². The van der Waals surface area contributed by atoms with Crippen LogP contribution in [-0.2, 0) is 6.54 Å². The molecule has 0 aliphatic rings. The zero-order chi connectivity index (χ0) is 14.7. The molecule has 0 aliphatic heterocycles. The molecule has 0 saturated heterocycles. The van der Waals surface area contributed by atoms with Gasteiger partial charge in [-0.25, -0.2) is 4.98 Å². The van der Waals surface area contributed by atoms with Crippen LogP contribution in [-0.4, -0.2) is 22.8 Å². The van der Waals surface area contributed by atoms with Gasteiger partial charge in [-0.05, 0) is 29.8 Å². The van der Waals surface area contributed by atoms with Gasteiger partial charge in [-0.1, -0.05) is 46.9 Å². The van der Waals surface area contributed by atoms with Gasteiger partial charge in [0.1, 0.15) is 10.8 Å². The summed E-state index contributed by atoms with van der Waals surface area (Å²) in [5, 5.41) is 1.17. The van der Waals surface area contributed by atoms with Crippen molar-refractivity contribution < 1.29 is 4.79 Å². The summed E-state index contributed by atoms with van der Waals surface area (Å²) in [5.74, 6) is -0.285. The molecule has 0 spiro atoms. The number of carbonyl (C=O) groups is 1. The summed E-state index contributed by atoms with van der Waals surface area (Å²) in [7, 11) is 1.68. The molecule has 1 heterocycles. The van der Waals surface area contributed by atoms with E-state index in [1.54, 1.807) is 31.3 Å². The summed E-state index contributed by atoms with van der Waals surface area (Å²) in [4.78, 5) is 17.8. The maximum atomic E-state index is 12.3. The third-order valence-electron chi connectivity index (χ3n) is 2.69. The first kappa shape index (κ1) is 15.1. The van der Waals surface area contributed by atoms with Crippen molar-refractivity contribution in [1.82, 2.24) is 9.88 Å². The minimum atomic E-state index is -0.285. The Balaban J connectivity index is 2.16. The van der Waals surface area contributed by atoms with Crippen molar-refractivity contribution in [3.8, 4) is 0 Å². The van der Waals surface area contributed by atoms with Crippen molar-refractivity contribution in [1.29, 1.82) is 0 Å². The zero-order valence-electron chi connectivity index (χ0n) is 10.6. The van der Waals surface area contributed by atoms with Crippen molar-refractivity contribution in [2.75, 3.05) is 7.05 Å². The fourth-order valence-electron chi connectivity index (χ4n) is 1.68. The van der Waals surface area contributed by atoms with E-state index in [0.29, 0.717) is 11.6 Å². The summed E-state index contributed by atoms with van der Waals surface area (Å²) in [6, 6.07) is 10.4. The fraction of sp³-hybridized carbons (Fsp3) is 0.143. The topological polar surface area (TPSA) is 33.2 Å². The predicted molar refractivity (Wildman–Crippen MR) is 81.5 cm³/mol. The minimum Gasteiger partial charge on any atom is -0.336 e. The first-order chi connectivity index (χ1) is 9.47. The van der Waals surface area contributed by atoms with Gasteiger partial charge in [0.2, 0.25) is 0 Å². The number of nitrogens with zero attached hydrogens (tertiary/aromatic N) is 2. The Morgan fingerprint density at radius 1 is 1.10 bits per heavy atom. The number of halogens is 3. The molecular formula is C14H11Cl3N2O. The third-order valence-corrected chi connectivity index (χ3v) is 3.46. The van der Waals surface area contributed by atoms with Crippen LogP contribution >= 0.6 is 34.8 Å². The molecule has 1 aromatic carbocycles. The molecule has 0 atom stereocenters. The zero-order valence-corrected chi connectivity index (χ0v) is 12.9. The number of benzene rings is 1. The Labute approximate surface area is 132 Å². The normalized spacial score (nSPS) is 10.4.